The number of pyridine rings is 1. The summed E-state index contributed by atoms with van der Waals surface area (Å²) in [4.78, 5) is 16.5. The molecule has 3 heterocycles. The van der Waals surface area contributed by atoms with Crippen LogP contribution in [0, 0.1) is 0 Å². The van der Waals surface area contributed by atoms with Crippen LogP contribution >= 0.6 is 11.3 Å². The largest absolute Gasteiger partial charge is 0.452 e. The smallest absolute Gasteiger partial charge is 0.241 e. The molecule has 1 aliphatic heterocycles. The average molecular weight is 229 g/mol. The summed E-state index contributed by atoms with van der Waals surface area (Å²) < 4.78 is 5.46. The minimum Gasteiger partial charge on any atom is -0.452 e. The van der Waals surface area contributed by atoms with Crippen LogP contribution in [0.3, 0.4) is 0 Å². The van der Waals surface area contributed by atoms with Crippen LogP contribution in [0.1, 0.15) is 15.2 Å². The molecule has 2 aromatic rings. The summed E-state index contributed by atoms with van der Waals surface area (Å²) in [6.07, 6.45) is 5.09. The summed E-state index contributed by atoms with van der Waals surface area (Å²) in [7, 11) is 0. The predicted molar refractivity (Wildman–Crippen MR) is 61.5 cm³/mol. The molecule has 0 fully saturated rings. The van der Waals surface area contributed by atoms with E-state index in [2.05, 4.69) is 4.98 Å². The highest BCUT2D eigenvalue weighted by Crippen LogP contribution is 2.35. The molecule has 0 atom stereocenters. The molecule has 0 N–H and O–H groups in total. The summed E-state index contributed by atoms with van der Waals surface area (Å²) >= 11 is 1.40. The Balaban J connectivity index is 1.98. The first-order valence-electron chi connectivity index (χ1n) is 4.76. The Morgan fingerprint density at radius 1 is 1.38 bits per heavy atom. The third-order valence-corrected chi connectivity index (χ3v) is 3.16. The van der Waals surface area contributed by atoms with Crippen molar-refractivity contribution in [3.63, 3.8) is 0 Å². The van der Waals surface area contributed by atoms with Crippen LogP contribution in [-0.2, 0) is 0 Å². The van der Waals surface area contributed by atoms with Crippen molar-refractivity contribution in [1.82, 2.24) is 4.98 Å². The first kappa shape index (κ1) is 9.30. The molecular weight excluding hydrogens is 222 g/mol. The minimum absolute atomic E-state index is 0.0474. The summed E-state index contributed by atoms with van der Waals surface area (Å²) in [6, 6.07) is 5.51. The van der Waals surface area contributed by atoms with Gasteiger partial charge in [0, 0.05) is 12.4 Å². The molecule has 0 radical (unpaired) electrons. The van der Waals surface area contributed by atoms with E-state index in [-0.39, 0.29) is 5.78 Å². The van der Waals surface area contributed by atoms with Crippen molar-refractivity contribution >= 4 is 23.2 Å². The van der Waals surface area contributed by atoms with Crippen LogP contribution in [0.25, 0.3) is 6.08 Å². The number of thiophene rings is 1. The van der Waals surface area contributed by atoms with E-state index in [4.69, 9.17) is 4.74 Å². The molecule has 4 heteroatoms. The molecule has 16 heavy (non-hydrogen) atoms. The van der Waals surface area contributed by atoms with Crippen LogP contribution in [0.5, 0.6) is 5.75 Å². The van der Waals surface area contributed by atoms with Gasteiger partial charge in [0.25, 0.3) is 0 Å². The number of nitrogens with zero attached hydrogens (tertiary/aromatic N) is 1. The highest BCUT2D eigenvalue weighted by atomic mass is 32.1. The SMILES string of the molecule is O=C1C(=Cc2cccnc2)Oc2ccsc21. The second-order valence-corrected chi connectivity index (χ2v) is 4.26. The van der Waals surface area contributed by atoms with Gasteiger partial charge in [0.1, 0.15) is 10.6 Å². The van der Waals surface area contributed by atoms with Crippen molar-refractivity contribution in [2.45, 2.75) is 0 Å². The Morgan fingerprint density at radius 3 is 3.06 bits per heavy atom. The lowest BCUT2D eigenvalue weighted by atomic mass is 10.2. The highest BCUT2D eigenvalue weighted by Gasteiger charge is 2.28. The number of carbonyl (C=O) groups excluding carboxylic acids is 1. The van der Waals surface area contributed by atoms with Crippen LogP contribution in [0.15, 0.2) is 41.7 Å². The van der Waals surface area contributed by atoms with E-state index in [0.717, 1.165) is 5.56 Å². The first-order chi connectivity index (χ1) is 7.84. The van der Waals surface area contributed by atoms with E-state index >= 15 is 0 Å². The zero-order valence-electron chi connectivity index (χ0n) is 8.21. The third kappa shape index (κ3) is 1.44. The number of fused-ring (bicyclic) bond motifs is 1. The Morgan fingerprint density at radius 2 is 2.31 bits per heavy atom. The molecule has 3 rings (SSSR count). The van der Waals surface area contributed by atoms with Crippen molar-refractivity contribution in [1.29, 1.82) is 0 Å². The maximum Gasteiger partial charge on any atom is 0.241 e. The van der Waals surface area contributed by atoms with E-state index < -0.39 is 0 Å². The summed E-state index contributed by atoms with van der Waals surface area (Å²) in [5.74, 6) is 0.980. The standard InChI is InChI=1S/C12H7NO2S/c14-11-10(6-8-2-1-4-13-7-8)15-9-3-5-16-12(9)11/h1-7H. The number of ether oxygens (including phenoxy) is 1. The molecule has 0 amide bonds. The van der Waals surface area contributed by atoms with Crippen molar-refractivity contribution < 1.29 is 9.53 Å². The quantitative estimate of drug-likeness (QED) is 0.706. The fourth-order valence-electron chi connectivity index (χ4n) is 1.53. The van der Waals surface area contributed by atoms with Gasteiger partial charge in [-0.2, -0.15) is 0 Å². The third-order valence-electron chi connectivity index (χ3n) is 2.26. The first-order valence-corrected chi connectivity index (χ1v) is 5.64. The van der Waals surface area contributed by atoms with Crippen molar-refractivity contribution in [3.05, 3.63) is 52.2 Å². The minimum atomic E-state index is -0.0474. The van der Waals surface area contributed by atoms with Crippen LogP contribution < -0.4 is 4.74 Å². The molecule has 0 spiro atoms. The zero-order valence-corrected chi connectivity index (χ0v) is 9.03. The molecule has 0 saturated heterocycles. The van der Waals surface area contributed by atoms with Gasteiger partial charge >= 0.3 is 0 Å². The number of allylic oxidation sites excluding steroid dienone is 1. The molecule has 0 unspecified atom stereocenters. The number of hydrogen-bond donors (Lipinski definition) is 0. The summed E-state index contributed by atoms with van der Waals surface area (Å²) in [5.41, 5.74) is 0.862. The number of ketones is 1. The molecule has 0 aliphatic carbocycles. The second kappa shape index (κ2) is 3.57. The average Bonchev–Trinajstić information content (AvgIpc) is 2.86. The van der Waals surface area contributed by atoms with Gasteiger partial charge in [-0.1, -0.05) is 6.07 Å². The number of Topliss-reactive ketones (excluding diaryl/α,β-unsaturated/α-hetero) is 1. The lowest BCUT2D eigenvalue weighted by Gasteiger charge is -1.96. The molecule has 2 aromatic heterocycles. The molecule has 1 aliphatic rings. The highest BCUT2D eigenvalue weighted by molar-refractivity contribution is 7.12. The zero-order chi connectivity index (χ0) is 11.0. The van der Waals surface area contributed by atoms with Crippen LogP contribution in [-0.4, -0.2) is 10.8 Å². The fourth-order valence-corrected chi connectivity index (χ4v) is 2.29. The van der Waals surface area contributed by atoms with Gasteiger partial charge in [-0.05, 0) is 29.2 Å². The lowest BCUT2D eigenvalue weighted by molar-refractivity contribution is 0.102. The predicted octanol–water partition coefficient (Wildman–Crippen LogP) is 2.76. The maximum atomic E-state index is 11.9. The number of hydrogen-bond acceptors (Lipinski definition) is 4. The summed E-state index contributed by atoms with van der Waals surface area (Å²) in [5, 5.41) is 1.85. The van der Waals surface area contributed by atoms with Gasteiger partial charge in [0.05, 0.1) is 0 Å². The van der Waals surface area contributed by atoms with Gasteiger partial charge < -0.3 is 4.74 Å². The molecule has 0 aromatic carbocycles. The van der Waals surface area contributed by atoms with Crippen molar-refractivity contribution in [3.8, 4) is 5.75 Å². The van der Waals surface area contributed by atoms with Gasteiger partial charge in [0.2, 0.25) is 5.78 Å². The van der Waals surface area contributed by atoms with Crippen LogP contribution in [0.2, 0.25) is 0 Å². The number of carbonyl (C=O) groups is 1. The molecular formula is C12H7NO2S. The van der Waals surface area contributed by atoms with Gasteiger partial charge in [0.15, 0.2) is 5.76 Å². The van der Waals surface area contributed by atoms with E-state index in [1.54, 1.807) is 18.5 Å². The van der Waals surface area contributed by atoms with Crippen LogP contribution in [0.4, 0.5) is 0 Å². The van der Waals surface area contributed by atoms with Crippen molar-refractivity contribution in [2.75, 3.05) is 0 Å². The molecule has 0 bridgehead atoms. The Bertz CT molecular complexity index is 572. The van der Waals surface area contributed by atoms with Crippen molar-refractivity contribution in [2.24, 2.45) is 0 Å². The van der Waals surface area contributed by atoms with E-state index in [0.29, 0.717) is 16.4 Å². The molecule has 3 nitrogen and oxygen atoms in total. The van der Waals surface area contributed by atoms with E-state index in [1.807, 2.05) is 23.6 Å². The van der Waals surface area contributed by atoms with E-state index in [9.17, 15) is 4.79 Å². The monoisotopic (exact) mass is 229 g/mol. The summed E-state index contributed by atoms with van der Waals surface area (Å²) in [6.45, 7) is 0. The topological polar surface area (TPSA) is 39.2 Å². The van der Waals surface area contributed by atoms with Gasteiger partial charge in [-0.3, -0.25) is 9.78 Å². The Hall–Kier alpha value is -1.94. The van der Waals surface area contributed by atoms with Gasteiger partial charge in [-0.25, -0.2) is 0 Å². The lowest BCUT2D eigenvalue weighted by Crippen LogP contribution is -1.97. The maximum absolute atomic E-state index is 11.9. The fraction of sp³-hybridized carbons (Fsp3) is 0. The normalized spacial score (nSPS) is 16.2. The molecule has 78 valence electrons. The number of rotatable bonds is 1. The second-order valence-electron chi connectivity index (χ2n) is 3.34. The molecule has 0 saturated carbocycles. The van der Waals surface area contributed by atoms with Gasteiger partial charge in [-0.15, -0.1) is 11.3 Å². The Labute approximate surface area is 96.0 Å². The number of aromatic nitrogens is 1. The Kier molecular flexibility index (Phi) is 2.08. The van der Waals surface area contributed by atoms with E-state index in [1.165, 1.54) is 11.3 Å².